The van der Waals surface area contributed by atoms with Crippen LogP contribution in [0.2, 0.25) is 0 Å². The molecule has 0 saturated heterocycles. The molecule has 0 amide bonds. The third-order valence-corrected chi connectivity index (χ3v) is 3.83. The molecule has 1 aliphatic rings. The number of hydrogen-bond donors (Lipinski definition) is 1. The maximum absolute atomic E-state index is 11.1. The van der Waals surface area contributed by atoms with E-state index in [0.717, 1.165) is 12.8 Å². The first-order chi connectivity index (χ1) is 5.54. The lowest BCUT2D eigenvalue weighted by atomic mass is 10.1. The molecule has 1 rings (SSSR count). The van der Waals surface area contributed by atoms with Crippen LogP contribution >= 0.6 is 0 Å². The fourth-order valence-electron chi connectivity index (χ4n) is 1.19. The van der Waals surface area contributed by atoms with Crippen LogP contribution in [0.25, 0.3) is 0 Å². The topological polar surface area (TPSA) is 70.0 Å². The van der Waals surface area contributed by atoms with Crippen LogP contribution in [-0.2, 0) is 10.0 Å². The van der Waals surface area contributed by atoms with Gasteiger partial charge in [-0.3, -0.25) is 0 Å². The molecule has 12 heavy (non-hydrogen) atoms. The predicted molar refractivity (Wildman–Crippen MR) is 44.7 cm³/mol. The van der Waals surface area contributed by atoms with Crippen molar-refractivity contribution in [3.8, 4) is 6.07 Å². The number of nitriles is 1. The summed E-state index contributed by atoms with van der Waals surface area (Å²) >= 11 is 0. The molecule has 1 fully saturated rings. The Morgan fingerprint density at radius 2 is 2.17 bits per heavy atom. The van der Waals surface area contributed by atoms with E-state index in [1.54, 1.807) is 0 Å². The third kappa shape index (κ3) is 2.19. The smallest absolute Gasteiger partial charge is 0.211 e. The van der Waals surface area contributed by atoms with Crippen LogP contribution in [0.5, 0.6) is 0 Å². The maximum atomic E-state index is 11.1. The van der Waals surface area contributed by atoms with E-state index in [1.807, 2.05) is 6.07 Å². The number of hydrogen-bond acceptors (Lipinski definition) is 3. The lowest BCUT2D eigenvalue weighted by Gasteiger charge is -2.09. The highest BCUT2D eigenvalue weighted by molar-refractivity contribution is 7.89. The predicted octanol–water partition coefficient (Wildman–Crippen LogP) is 0.229. The highest BCUT2D eigenvalue weighted by atomic mass is 32.2. The molecule has 1 saturated carbocycles. The Labute approximate surface area is 72.6 Å². The molecule has 5 heteroatoms. The largest absolute Gasteiger partial charge is 0.218 e. The van der Waals surface area contributed by atoms with E-state index in [0.29, 0.717) is 6.42 Å². The molecule has 0 aromatic rings. The zero-order valence-electron chi connectivity index (χ0n) is 7.00. The van der Waals surface area contributed by atoms with E-state index in [4.69, 9.17) is 5.26 Å². The summed E-state index contributed by atoms with van der Waals surface area (Å²) in [5.74, 6) is 0.101. The molecule has 4 nitrogen and oxygen atoms in total. The molecule has 68 valence electrons. The quantitative estimate of drug-likeness (QED) is 0.686. The molecular formula is C7H12N2O2S. The van der Waals surface area contributed by atoms with Gasteiger partial charge in [-0.25, -0.2) is 13.1 Å². The molecule has 0 bridgehead atoms. The minimum atomic E-state index is -3.14. The number of nitrogens with one attached hydrogen (secondary N) is 1. The van der Waals surface area contributed by atoms with Gasteiger partial charge in [0, 0.05) is 6.42 Å². The van der Waals surface area contributed by atoms with Gasteiger partial charge in [0.05, 0.1) is 11.8 Å². The molecule has 1 N–H and O–H groups in total. The van der Waals surface area contributed by atoms with Crippen molar-refractivity contribution in [3.63, 3.8) is 0 Å². The van der Waals surface area contributed by atoms with E-state index in [2.05, 4.69) is 4.72 Å². The number of rotatable bonds is 4. The second-order valence-electron chi connectivity index (χ2n) is 3.30. The molecule has 0 spiro atoms. The monoisotopic (exact) mass is 188 g/mol. The van der Waals surface area contributed by atoms with E-state index in [1.165, 1.54) is 7.05 Å². The fourth-order valence-corrected chi connectivity index (χ4v) is 2.53. The summed E-state index contributed by atoms with van der Waals surface area (Å²) in [4.78, 5) is 0. The van der Waals surface area contributed by atoms with Crippen LogP contribution in [0.4, 0.5) is 0 Å². The summed E-state index contributed by atoms with van der Waals surface area (Å²) in [5, 5.41) is 8.45. The molecule has 0 aliphatic heterocycles. The summed E-state index contributed by atoms with van der Waals surface area (Å²) in [5.41, 5.74) is -0.226. The van der Waals surface area contributed by atoms with Crippen molar-refractivity contribution in [2.45, 2.75) is 19.3 Å². The summed E-state index contributed by atoms with van der Waals surface area (Å²) in [7, 11) is -1.74. The van der Waals surface area contributed by atoms with Crippen LogP contribution in [0, 0.1) is 16.7 Å². The summed E-state index contributed by atoms with van der Waals surface area (Å²) in [6.45, 7) is 0. The summed E-state index contributed by atoms with van der Waals surface area (Å²) < 4.78 is 24.5. The van der Waals surface area contributed by atoms with Gasteiger partial charge in [0.25, 0.3) is 0 Å². The molecule has 0 radical (unpaired) electrons. The lowest BCUT2D eigenvalue weighted by Crippen LogP contribution is -2.27. The van der Waals surface area contributed by atoms with Crippen molar-refractivity contribution in [3.05, 3.63) is 0 Å². The standard InChI is InChI=1S/C7H12N2O2S/c1-9-12(10,11)6-7(2-3-7)4-5-8/h9H,2-4,6H2,1H3. The molecule has 1 aliphatic carbocycles. The maximum Gasteiger partial charge on any atom is 0.211 e. The van der Waals surface area contributed by atoms with Gasteiger partial charge in [-0.2, -0.15) is 5.26 Å². The van der Waals surface area contributed by atoms with Gasteiger partial charge >= 0.3 is 0 Å². The van der Waals surface area contributed by atoms with Gasteiger partial charge in [0.1, 0.15) is 0 Å². The molecule has 0 heterocycles. The van der Waals surface area contributed by atoms with Crippen LogP contribution in [0.3, 0.4) is 0 Å². The molecule has 0 unspecified atom stereocenters. The van der Waals surface area contributed by atoms with Crippen molar-refractivity contribution < 1.29 is 8.42 Å². The molecule has 0 aromatic heterocycles. The van der Waals surface area contributed by atoms with Crippen LogP contribution < -0.4 is 4.72 Å². The van der Waals surface area contributed by atoms with Crippen LogP contribution in [-0.4, -0.2) is 21.2 Å². The Morgan fingerprint density at radius 1 is 1.58 bits per heavy atom. The highest BCUT2D eigenvalue weighted by Crippen LogP contribution is 2.49. The minimum Gasteiger partial charge on any atom is -0.218 e. The van der Waals surface area contributed by atoms with Crippen LogP contribution in [0.15, 0.2) is 0 Å². The van der Waals surface area contributed by atoms with E-state index in [9.17, 15) is 8.42 Å². The first kappa shape index (κ1) is 9.49. The van der Waals surface area contributed by atoms with Gasteiger partial charge in [-0.1, -0.05) is 0 Å². The van der Waals surface area contributed by atoms with Gasteiger partial charge in [-0.05, 0) is 25.3 Å². The number of nitrogens with zero attached hydrogens (tertiary/aromatic N) is 1. The molecular weight excluding hydrogens is 176 g/mol. The number of sulfonamides is 1. The zero-order chi connectivity index (χ0) is 9.24. The SMILES string of the molecule is CNS(=O)(=O)CC1(CC#N)CC1. The van der Waals surface area contributed by atoms with E-state index < -0.39 is 10.0 Å². The van der Waals surface area contributed by atoms with Crippen molar-refractivity contribution in [2.75, 3.05) is 12.8 Å². The van der Waals surface area contributed by atoms with Crippen molar-refractivity contribution in [2.24, 2.45) is 5.41 Å². The van der Waals surface area contributed by atoms with Gasteiger partial charge in [-0.15, -0.1) is 0 Å². The van der Waals surface area contributed by atoms with Crippen molar-refractivity contribution in [1.82, 2.24) is 4.72 Å². The Kier molecular flexibility index (Phi) is 2.40. The average Bonchev–Trinajstić information content (AvgIpc) is 2.69. The summed E-state index contributed by atoms with van der Waals surface area (Å²) in [6, 6.07) is 2.02. The Bertz CT molecular complexity index is 298. The first-order valence-electron chi connectivity index (χ1n) is 3.82. The Morgan fingerprint density at radius 3 is 2.50 bits per heavy atom. The average molecular weight is 188 g/mol. The van der Waals surface area contributed by atoms with Gasteiger partial charge in [0.15, 0.2) is 0 Å². The van der Waals surface area contributed by atoms with Crippen LogP contribution in [0.1, 0.15) is 19.3 Å². The lowest BCUT2D eigenvalue weighted by molar-refractivity contribution is 0.542. The van der Waals surface area contributed by atoms with E-state index in [-0.39, 0.29) is 11.2 Å². The van der Waals surface area contributed by atoms with Gasteiger partial charge in [0.2, 0.25) is 10.0 Å². The molecule has 0 atom stereocenters. The Hall–Kier alpha value is -0.600. The second kappa shape index (κ2) is 3.04. The van der Waals surface area contributed by atoms with Gasteiger partial charge < -0.3 is 0 Å². The highest BCUT2D eigenvalue weighted by Gasteiger charge is 2.45. The summed E-state index contributed by atoms with van der Waals surface area (Å²) in [6.07, 6.45) is 2.08. The Balaban J connectivity index is 2.58. The van der Waals surface area contributed by atoms with Crippen molar-refractivity contribution >= 4 is 10.0 Å². The second-order valence-corrected chi connectivity index (χ2v) is 5.22. The zero-order valence-corrected chi connectivity index (χ0v) is 7.82. The normalized spacial score (nSPS) is 20.0. The van der Waals surface area contributed by atoms with Crippen molar-refractivity contribution in [1.29, 1.82) is 5.26 Å². The third-order valence-electron chi connectivity index (χ3n) is 2.22. The van der Waals surface area contributed by atoms with E-state index >= 15 is 0 Å². The molecule has 0 aromatic carbocycles. The minimum absolute atomic E-state index is 0.101. The fraction of sp³-hybridized carbons (Fsp3) is 0.857. The first-order valence-corrected chi connectivity index (χ1v) is 5.47.